The quantitative estimate of drug-likeness (QED) is 0.870. The predicted molar refractivity (Wildman–Crippen MR) is 70.5 cm³/mol. The van der Waals surface area contributed by atoms with Gasteiger partial charge in [0.25, 0.3) is 0 Å². The van der Waals surface area contributed by atoms with Crippen molar-refractivity contribution in [3.63, 3.8) is 0 Å². The third-order valence-corrected chi connectivity index (χ3v) is 3.00. The maximum atomic E-state index is 11.8. The molecule has 1 aromatic rings. The first-order chi connectivity index (χ1) is 8.32. The van der Waals surface area contributed by atoms with E-state index in [1.807, 2.05) is 39.0 Å². The maximum Gasteiger partial charge on any atom is 0.310 e. The van der Waals surface area contributed by atoms with Crippen molar-refractivity contribution >= 4 is 11.8 Å². The Morgan fingerprint density at radius 3 is 2.17 bits per heavy atom. The van der Waals surface area contributed by atoms with E-state index in [1.54, 1.807) is 12.1 Å². The lowest BCUT2D eigenvalue weighted by molar-refractivity contribution is -0.139. The van der Waals surface area contributed by atoms with Crippen molar-refractivity contribution in [2.24, 2.45) is 5.41 Å². The molecule has 1 rings (SSSR count). The fourth-order valence-electron chi connectivity index (χ4n) is 1.77. The van der Waals surface area contributed by atoms with Gasteiger partial charge in [-0.15, -0.1) is 0 Å². The lowest BCUT2D eigenvalue weighted by Crippen LogP contribution is -2.22. The first-order valence-corrected chi connectivity index (χ1v) is 6.13. The first-order valence-electron chi connectivity index (χ1n) is 6.13. The summed E-state index contributed by atoms with van der Waals surface area (Å²) >= 11 is 0. The van der Waals surface area contributed by atoms with Crippen LogP contribution in [0.15, 0.2) is 30.3 Å². The molecular weight excluding hydrogens is 228 g/mol. The third-order valence-electron chi connectivity index (χ3n) is 3.00. The van der Waals surface area contributed by atoms with E-state index in [4.69, 9.17) is 0 Å². The molecule has 1 N–H and O–H groups in total. The summed E-state index contributed by atoms with van der Waals surface area (Å²) in [6, 6.07) is 9.07. The fourth-order valence-corrected chi connectivity index (χ4v) is 1.77. The summed E-state index contributed by atoms with van der Waals surface area (Å²) in [6.07, 6.45) is 0.658. The molecular formula is C15H20O3. The number of Topliss-reactive ketones (excluding diaryl/α,β-unsaturated/α-hetero) is 1. The van der Waals surface area contributed by atoms with Gasteiger partial charge in [-0.25, -0.2) is 0 Å². The normalized spacial score (nSPS) is 13.1. The van der Waals surface area contributed by atoms with E-state index in [9.17, 15) is 14.7 Å². The maximum absolute atomic E-state index is 11.8. The van der Waals surface area contributed by atoms with E-state index in [0.717, 1.165) is 5.56 Å². The summed E-state index contributed by atoms with van der Waals surface area (Å²) < 4.78 is 0. The van der Waals surface area contributed by atoms with Crippen molar-refractivity contribution in [1.82, 2.24) is 0 Å². The van der Waals surface area contributed by atoms with Crippen molar-refractivity contribution in [1.29, 1.82) is 0 Å². The second-order valence-corrected chi connectivity index (χ2v) is 5.51. The Labute approximate surface area is 108 Å². The molecule has 3 nitrogen and oxygen atoms in total. The molecule has 1 unspecified atom stereocenters. The molecule has 98 valence electrons. The summed E-state index contributed by atoms with van der Waals surface area (Å²) in [6.45, 7) is 5.56. The lowest BCUT2D eigenvalue weighted by atomic mass is 9.85. The van der Waals surface area contributed by atoms with Crippen LogP contribution in [0.4, 0.5) is 0 Å². The monoisotopic (exact) mass is 248 g/mol. The zero-order chi connectivity index (χ0) is 13.8. The summed E-state index contributed by atoms with van der Waals surface area (Å²) in [5.41, 5.74) is 0.353. The number of ketones is 1. The number of carbonyl (C=O) groups excluding carboxylic acids is 1. The number of rotatable bonds is 5. The van der Waals surface area contributed by atoms with Crippen molar-refractivity contribution in [3.8, 4) is 0 Å². The van der Waals surface area contributed by atoms with Gasteiger partial charge in [0.1, 0.15) is 5.78 Å². The standard InChI is InChI=1S/C15H20O3/c1-15(2,3)13(16)10-9-12(14(17)18)11-7-5-4-6-8-11/h4-8,12H,9-10H2,1-3H3,(H,17,18). The molecule has 1 atom stereocenters. The number of carbonyl (C=O) groups is 2. The highest BCUT2D eigenvalue weighted by Gasteiger charge is 2.25. The Hall–Kier alpha value is -1.64. The molecule has 0 aliphatic rings. The number of carboxylic acids is 1. The predicted octanol–water partition coefficient (Wildman–Crippen LogP) is 3.25. The minimum absolute atomic E-state index is 0.102. The van der Waals surface area contributed by atoms with E-state index < -0.39 is 17.3 Å². The minimum atomic E-state index is -0.872. The first kappa shape index (κ1) is 14.4. The van der Waals surface area contributed by atoms with E-state index in [2.05, 4.69) is 0 Å². The van der Waals surface area contributed by atoms with Crippen LogP contribution < -0.4 is 0 Å². The minimum Gasteiger partial charge on any atom is -0.481 e. The van der Waals surface area contributed by atoms with Gasteiger partial charge in [-0.2, -0.15) is 0 Å². The summed E-state index contributed by atoms with van der Waals surface area (Å²) in [5.74, 6) is -1.37. The highest BCUT2D eigenvalue weighted by molar-refractivity contribution is 5.84. The molecule has 0 bridgehead atoms. The molecule has 18 heavy (non-hydrogen) atoms. The second-order valence-electron chi connectivity index (χ2n) is 5.51. The number of aliphatic carboxylic acids is 1. The molecule has 0 radical (unpaired) electrons. The molecule has 0 heterocycles. The summed E-state index contributed by atoms with van der Waals surface area (Å²) in [5, 5.41) is 9.23. The van der Waals surface area contributed by atoms with E-state index >= 15 is 0 Å². The SMILES string of the molecule is CC(C)(C)C(=O)CCC(C(=O)O)c1ccccc1. The Morgan fingerprint density at radius 1 is 1.17 bits per heavy atom. The zero-order valence-electron chi connectivity index (χ0n) is 11.1. The third kappa shape index (κ3) is 3.99. The van der Waals surface area contributed by atoms with Gasteiger partial charge in [0.05, 0.1) is 5.92 Å². The van der Waals surface area contributed by atoms with Gasteiger partial charge in [0.2, 0.25) is 0 Å². The van der Waals surface area contributed by atoms with Crippen LogP contribution in [0.3, 0.4) is 0 Å². The Balaban J connectivity index is 2.72. The van der Waals surface area contributed by atoms with Crippen molar-refractivity contribution < 1.29 is 14.7 Å². The van der Waals surface area contributed by atoms with Crippen molar-refractivity contribution in [2.45, 2.75) is 39.5 Å². The molecule has 0 fully saturated rings. The van der Waals surface area contributed by atoms with Crippen molar-refractivity contribution in [2.75, 3.05) is 0 Å². The van der Waals surface area contributed by atoms with Crippen LogP contribution in [0, 0.1) is 5.41 Å². The smallest absolute Gasteiger partial charge is 0.310 e. The summed E-state index contributed by atoms with van der Waals surface area (Å²) in [7, 11) is 0. The average Bonchev–Trinajstić information content (AvgIpc) is 2.28. The number of carboxylic acid groups (broad SMARTS) is 1. The van der Waals surface area contributed by atoms with E-state index in [-0.39, 0.29) is 5.78 Å². The number of hydrogen-bond donors (Lipinski definition) is 1. The fraction of sp³-hybridized carbons (Fsp3) is 0.467. The van der Waals surface area contributed by atoms with Gasteiger partial charge in [0.15, 0.2) is 0 Å². The van der Waals surface area contributed by atoms with Gasteiger partial charge in [-0.3, -0.25) is 9.59 Å². The molecule has 0 aromatic heterocycles. The number of benzene rings is 1. The van der Waals surface area contributed by atoms with Gasteiger partial charge in [0, 0.05) is 11.8 Å². The lowest BCUT2D eigenvalue weighted by Gasteiger charge is -2.18. The molecule has 0 aliphatic heterocycles. The van der Waals surface area contributed by atoms with Crippen LogP contribution in [0.25, 0.3) is 0 Å². The van der Waals surface area contributed by atoms with Crippen LogP contribution in [-0.4, -0.2) is 16.9 Å². The van der Waals surface area contributed by atoms with Gasteiger partial charge in [-0.05, 0) is 12.0 Å². The molecule has 0 spiro atoms. The molecule has 1 aromatic carbocycles. The Kier molecular flexibility index (Phi) is 4.65. The molecule has 0 amide bonds. The van der Waals surface area contributed by atoms with Crippen LogP contribution in [-0.2, 0) is 9.59 Å². The number of hydrogen-bond acceptors (Lipinski definition) is 2. The molecule has 0 saturated heterocycles. The molecule has 0 saturated carbocycles. The molecule has 3 heteroatoms. The summed E-state index contributed by atoms with van der Waals surface area (Å²) in [4.78, 5) is 23.1. The highest BCUT2D eigenvalue weighted by Crippen LogP contribution is 2.25. The van der Waals surface area contributed by atoms with Gasteiger partial charge in [-0.1, -0.05) is 51.1 Å². The van der Waals surface area contributed by atoms with Crippen LogP contribution in [0.5, 0.6) is 0 Å². The molecule has 0 aliphatic carbocycles. The van der Waals surface area contributed by atoms with Gasteiger partial charge < -0.3 is 5.11 Å². The zero-order valence-corrected chi connectivity index (χ0v) is 11.1. The largest absolute Gasteiger partial charge is 0.481 e. The second kappa shape index (κ2) is 5.80. The Morgan fingerprint density at radius 2 is 1.72 bits per heavy atom. The average molecular weight is 248 g/mol. The van der Waals surface area contributed by atoms with E-state index in [1.165, 1.54) is 0 Å². The van der Waals surface area contributed by atoms with Gasteiger partial charge >= 0.3 is 5.97 Å². The van der Waals surface area contributed by atoms with Crippen LogP contribution in [0.2, 0.25) is 0 Å². The van der Waals surface area contributed by atoms with Crippen LogP contribution >= 0.6 is 0 Å². The topological polar surface area (TPSA) is 54.4 Å². The highest BCUT2D eigenvalue weighted by atomic mass is 16.4. The van der Waals surface area contributed by atoms with E-state index in [0.29, 0.717) is 12.8 Å². The Bertz CT molecular complexity index is 415. The van der Waals surface area contributed by atoms with Crippen molar-refractivity contribution in [3.05, 3.63) is 35.9 Å². The van der Waals surface area contributed by atoms with Crippen LogP contribution in [0.1, 0.15) is 45.1 Å².